The van der Waals surface area contributed by atoms with Gasteiger partial charge in [0.2, 0.25) is 17.8 Å². The second-order valence-corrected chi connectivity index (χ2v) is 12.1. The molecule has 0 saturated carbocycles. The molecule has 0 spiro atoms. The first-order chi connectivity index (χ1) is 20.8. The summed E-state index contributed by atoms with van der Waals surface area (Å²) in [6, 6.07) is 11.3. The molecule has 1 aliphatic rings. The minimum atomic E-state index is -3.82. The summed E-state index contributed by atoms with van der Waals surface area (Å²) in [5, 5.41) is 14.1. The van der Waals surface area contributed by atoms with Crippen molar-refractivity contribution in [2.75, 3.05) is 39.9 Å². The van der Waals surface area contributed by atoms with E-state index in [2.05, 4.69) is 45.5 Å². The quantitative estimate of drug-likeness (QED) is 0.119. The molecule has 5 aromatic rings. The topological polar surface area (TPSA) is 211 Å². The molecule has 2 aromatic carbocycles. The largest absolute Gasteiger partial charge is 0.354 e. The molecule has 1 saturated heterocycles. The van der Waals surface area contributed by atoms with E-state index in [1.165, 1.54) is 12.1 Å². The number of imidazole rings is 1. The van der Waals surface area contributed by atoms with Gasteiger partial charge < -0.3 is 31.6 Å². The summed E-state index contributed by atoms with van der Waals surface area (Å²) < 4.78 is 30.7. The van der Waals surface area contributed by atoms with Crippen LogP contribution in [0.15, 0.2) is 72.3 Å². The van der Waals surface area contributed by atoms with Gasteiger partial charge in [0, 0.05) is 61.7 Å². The van der Waals surface area contributed by atoms with E-state index in [-0.39, 0.29) is 17.0 Å². The summed E-state index contributed by atoms with van der Waals surface area (Å²) in [5.74, 6) is 1.16. The van der Waals surface area contributed by atoms with Crippen LogP contribution in [0.5, 0.6) is 0 Å². The van der Waals surface area contributed by atoms with E-state index in [1.807, 2.05) is 15.7 Å². The van der Waals surface area contributed by atoms with Crippen LogP contribution in [0.3, 0.4) is 0 Å². The third-order valence-corrected chi connectivity index (χ3v) is 8.37. The van der Waals surface area contributed by atoms with Crippen molar-refractivity contribution >= 4 is 50.1 Å². The molecule has 15 nitrogen and oxygen atoms in total. The Morgan fingerprint density at radius 1 is 0.977 bits per heavy atom. The lowest BCUT2D eigenvalue weighted by Crippen LogP contribution is -2.52. The summed E-state index contributed by atoms with van der Waals surface area (Å²) in [6.07, 6.45) is 8.68. The van der Waals surface area contributed by atoms with Crippen LogP contribution < -0.4 is 31.7 Å². The highest BCUT2D eigenvalue weighted by molar-refractivity contribution is 7.92. The molecular weight excluding hydrogens is 570 g/mol. The molecule has 224 valence electrons. The van der Waals surface area contributed by atoms with Crippen LogP contribution in [-0.4, -0.2) is 74.8 Å². The molecule has 2 atom stereocenters. The minimum absolute atomic E-state index is 0.0898. The molecule has 6 rings (SSSR count). The zero-order valence-corrected chi connectivity index (χ0v) is 24.1. The van der Waals surface area contributed by atoms with Gasteiger partial charge in [-0.3, -0.25) is 9.82 Å². The molecule has 0 unspecified atom stereocenters. The Balaban J connectivity index is 1.17. The Bertz CT molecular complexity index is 1760. The standard InChI is InChI=1S/C27H33N13O2S/c28-19-12-20(29)16-40(15-19)27-35-25(31-8-1-10-39-11-9-30-17-39)34-26(36-27)33-21-4-6-23(7-5-21)43(41,42)38-22-3-2-18-14-32-37-24(18)13-22/h2-7,9,11,13-14,17,19-20,38H,1,8,10,12,15-16,28-29H2,(H,32,37)(H2,31,33,34,35,36)/t19-,20+. The van der Waals surface area contributed by atoms with Gasteiger partial charge in [0.1, 0.15) is 0 Å². The first-order valence-electron chi connectivity index (χ1n) is 13.9. The van der Waals surface area contributed by atoms with Gasteiger partial charge >= 0.3 is 0 Å². The lowest BCUT2D eigenvalue weighted by atomic mass is 10.0. The number of hydrogen-bond acceptors (Lipinski definition) is 12. The van der Waals surface area contributed by atoms with Gasteiger partial charge in [-0.25, -0.2) is 13.4 Å². The molecule has 1 aliphatic heterocycles. The average Bonchev–Trinajstić information content (AvgIpc) is 3.67. The van der Waals surface area contributed by atoms with Crippen LogP contribution in [-0.2, 0) is 16.6 Å². The van der Waals surface area contributed by atoms with Gasteiger partial charge in [0.15, 0.2) is 0 Å². The highest BCUT2D eigenvalue weighted by Gasteiger charge is 2.25. The highest BCUT2D eigenvalue weighted by Crippen LogP contribution is 2.24. The van der Waals surface area contributed by atoms with E-state index in [0.29, 0.717) is 48.9 Å². The van der Waals surface area contributed by atoms with Crippen molar-refractivity contribution in [1.29, 1.82) is 0 Å². The number of nitrogens with one attached hydrogen (secondary N) is 4. The smallest absolute Gasteiger partial charge is 0.261 e. The number of aryl methyl sites for hydroxylation is 1. The number of piperidine rings is 1. The molecule has 0 bridgehead atoms. The van der Waals surface area contributed by atoms with Gasteiger partial charge in [0.25, 0.3) is 10.0 Å². The number of aromatic nitrogens is 7. The van der Waals surface area contributed by atoms with Crippen molar-refractivity contribution in [2.24, 2.45) is 11.5 Å². The number of fused-ring (bicyclic) bond motifs is 1. The maximum absolute atomic E-state index is 13.0. The molecule has 0 amide bonds. The number of aromatic amines is 1. The molecule has 3 aromatic heterocycles. The van der Waals surface area contributed by atoms with E-state index in [0.717, 1.165) is 30.3 Å². The Labute approximate surface area is 248 Å². The van der Waals surface area contributed by atoms with Gasteiger partial charge in [-0.2, -0.15) is 20.1 Å². The normalized spacial score (nSPS) is 17.2. The van der Waals surface area contributed by atoms with Gasteiger partial charge in [0.05, 0.1) is 28.6 Å². The minimum Gasteiger partial charge on any atom is -0.354 e. The Kier molecular flexibility index (Phi) is 8.04. The number of H-pyrrole nitrogens is 1. The maximum atomic E-state index is 13.0. The molecule has 0 radical (unpaired) electrons. The van der Waals surface area contributed by atoms with Crippen LogP contribution in [0.4, 0.5) is 29.2 Å². The van der Waals surface area contributed by atoms with E-state index in [1.54, 1.807) is 49.1 Å². The molecule has 1 fully saturated rings. The second-order valence-electron chi connectivity index (χ2n) is 10.5. The van der Waals surface area contributed by atoms with Crippen molar-refractivity contribution in [3.05, 3.63) is 67.4 Å². The summed E-state index contributed by atoms with van der Waals surface area (Å²) in [7, 11) is -3.82. The number of rotatable bonds is 11. The van der Waals surface area contributed by atoms with Crippen molar-refractivity contribution < 1.29 is 8.42 Å². The summed E-state index contributed by atoms with van der Waals surface area (Å²) >= 11 is 0. The van der Waals surface area contributed by atoms with E-state index in [9.17, 15) is 8.42 Å². The fraction of sp³-hybridized carbons (Fsp3) is 0.296. The van der Waals surface area contributed by atoms with Crippen LogP contribution in [0.1, 0.15) is 12.8 Å². The number of hydrogen-bond donors (Lipinski definition) is 6. The van der Waals surface area contributed by atoms with Crippen LogP contribution >= 0.6 is 0 Å². The summed E-state index contributed by atoms with van der Waals surface area (Å²) in [4.78, 5) is 19.9. The van der Waals surface area contributed by atoms with Crippen molar-refractivity contribution in [3.8, 4) is 0 Å². The molecular formula is C27H33N13O2S. The fourth-order valence-corrected chi connectivity index (χ4v) is 5.97. The molecule has 16 heteroatoms. The zero-order chi connectivity index (χ0) is 29.8. The third kappa shape index (κ3) is 6.99. The predicted octanol–water partition coefficient (Wildman–Crippen LogP) is 1.86. The third-order valence-electron chi connectivity index (χ3n) is 6.97. The predicted molar refractivity (Wildman–Crippen MR) is 165 cm³/mol. The summed E-state index contributed by atoms with van der Waals surface area (Å²) in [6.45, 7) is 2.58. The molecule has 0 aliphatic carbocycles. The Morgan fingerprint density at radius 2 is 1.74 bits per heavy atom. The lowest BCUT2D eigenvalue weighted by molar-refractivity contribution is 0.447. The van der Waals surface area contributed by atoms with Crippen LogP contribution in [0, 0.1) is 0 Å². The number of nitrogens with two attached hydrogens (primary N) is 2. The SMILES string of the molecule is N[C@@H]1C[C@H](N)CN(c2nc(NCCCn3ccnc3)nc(Nc3ccc(S(=O)(=O)Nc4ccc5cn[nH]c5c4)cc3)n2)C1. The van der Waals surface area contributed by atoms with E-state index in [4.69, 9.17) is 11.5 Å². The van der Waals surface area contributed by atoms with Gasteiger partial charge in [-0.15, -0.1) is 0 Å². The summed E-state index contributed by atoms with van der Waals surface area (Å²) in [5.41, 5.74) is 14.2. The Morgan fingerprint density at radius 3 is 2.51 bits per heavy atom. The number of benzene rings is 2. The Hall–Kier alpha value is -4.80. The fourth-order valence-electron chi connectivity index (χ4n) is 4.93. The number of anilines is 5. The van der Waals surface area contributed by atoms with Crippen molar-refractivity contribution in [3.63, 3.8) is 0 Å². The zero-order valence-electron chi connectivity index (χ0n) is 23.3. The second kappa shape index (κ2) is 12.2. The first kappa shape index (κ1) is 28.3. The molecule has 8 N–H and O–H groups in total. The van der Waals surface area contributed by atoms with E-state index >= 15 is 0 Å². The van der Waals surface area contributed by atoms with Crippen molar-refractivity contribution in [2.45, 2.75) is 36.4 Å². The molecule has 4 heterocycles. The maximum Gasteiger partial charge on any atom is 0.261 e. The highest BCUT2D eigenvalue weighted by atomic mass is 32.2. The van der Waals surface area contributed by atoms with Crippen molar-refractivity contribution in [1.82, 2.24) is 34.7 Å². The monoisotopic (exact) mass is 603 g/mol. The van der Waals surface area contributed by atoms with Crippen LogP contribution in [0.2, 0.25) is 0 Å². The first-order valence-corrected chi connectivity index (χ1v) is 15.3. The van der Waals surface area contributed by atoms with Gasteiger partial charge in [-0.1, -0.05) is 0 Å². The van der Waals surface area contributed by atoms with Gasteiger partial charge in [-0.05, 0) is 55.3 Å². The average molecular weight is 604 g/mol. The lowest BCUT2D eigenvalue weighted by Gasteiger charge is -2.34. The van der Waals surface area contributed by atoms with Crippen LogP contribution in [0.25, 0.3) is 10.9 Å². The number of nitrogens with zero attached hydrogens (tertiary/aromatic N) is 7. The molecule has 43 heavy (non-hydrogen) atoms. The number of sulfonamides is 1. The van der Waals surface area contributed by atoms with E-state index < -0.39 is 10.0 Å².